The number of hydrogen-bond donors (Lipinski definition) is 2. The molecule has 7 nitrogen and oxygen atoms in total. The summed E-state index contributed by atoms with van der Waals surface area (Å²) in [6.07, 6.45) is 3.61. The highest BCUT2D eigenvalue weighted by Crippen LogP contribution is 2.57. The second-order valence-electron chi connectivity index (χ2n) is 9.53. The Labute approximate surface area is 188 Å². The zero-order valence-electron chi connectivity index (χ0n) is 18.6. The largest absolute Gasteiger partial charge is 0.484 e. The number of amides is 1. The molecule has 4 N–H and O–H groups in total. The Bertz CT molecular complexity index is 1090. The maximum absolute atomic E-state index is 11.0. The zero-order chi connectivity index (χ0) is 23.7. The van der Waals surface area contributed by atoms with Crippen molar-refractivity contribution >= 4 is 5.91 Å². The first-order chi connectivity index (χ1) is 15.1. The molecule has 0 unspecified atom stereocenters. The summed E-state index contributed by atoms with van der Waals surface area (Å²) >= 11 is 0. The highest BCUT2D eigenvalue weighted by atomic mass is 16.5. The quantitative estimate of drug-likeness (QED) is 0.748. The Morgan fingerprint density at radius 3 is 2.31 bits per heavy atom. The number of allylic oxidation sites excluding steroid dienone is 4. The van der Waals surface area contributed by atoms with Gasteiger partial charge in [-0.3, -0.25) is 4.79 Å². The summed E-state index contributed by atoms with van der Waals surface area (Å²) in [4.78, 5) is 11.0. The third-order valence-electron chi connectivity index (χ3n) is 6.72. The molecular weight excluding hydrogens is 402 g/mol. The lowest BCUT2D eigenvalue weighted by Crippen LogP contribution is -2.44. The fourth-order valence-electron chi connectivity index (χ4n) is 4.90. The summed E-state index contributed by atoms with van der Waals surface area (Å²) in [5.41, 5.74) is 11.7. The molecule has 0 bridgehead atoms. The molecule has 32 heavy (non-hydrogen) atoms. The van der Waals surface area contributed by atoms with Gasteiger partial charge in [-0.1, -0.05) is 39.0 Å². The average Bonchev–Trinajstić information content (AvgIpc) is 2.76. The van der Waals surface area contributed by atoms with Gasteiger partial charge in [0, 0.05) is 5.92 Å². The molecule has 0 saturated carbocycles. The van der Waals surface area contributed by atoms with Crippen LogP contribution in [0.15, 0.2) is 47.2 Å². The van der Waals surface area contributed by atoms with Crippen molar-refractivity contribution in [3.05, 3.63) is 52.7 Å². The van der Waals surface area contributed by atoms with Crippen LogP contribution < -0.4 is 16.2 Å². The number of carbonyl (C=O) groups is 1. The van der Waals surface area contributed by atoms with Crippen molar-refractivity contribution in [3.63, 3.8) is 0 Å². The number of rotatable bonds is 4. The number of ether oxygens (including phenoxy) is 1. The van der Waals surface area contributed by atoms with Gasteiger partial charge in [0.1, 0.15) is 11.8 Å². The minimum absolute atomic E-state index is 0.0146. The Hall–Kier alpha value is -3.76. The average molecular weight is 430 g/mol. The molecule has 0 aromatic heterocycles. The maximum Gasteiger partial charge on any atom is 0.255 e. The minimum Gasteiger partial charge on any atom is -0.484 e. The third-order valence-corrected chi connectivity index (χ3v) is 6.72. The van der Waals surface area contributed by atoms with Crippen LogP contribution >= 0.6 is 0 Å². The molecule has 1 amide bonds. The normalized spacial score (nSPS) is 24.2. The van der Waals surface area contributed by atoms with Crippen LogP contribution in [-0.2, 0) is 4.79 Å². The second-order valence-corrected chi connectivity index (χ2v) is 9.53. The topological polar surface area (TPSA) is 150 Å². The molecule has 164 valence electrons. The van der Waals surface area contributed by atoms with Gasteiger partial charge in [0.15, 0.2) is 12.0 Å². The fraction of sp³-hybridized carbons (Fsp3) is 0.440. The van der Waals surface area contributed by atoms with Crippen molar-refractivity contribution in [2.24, 2.45) is 34.1 Å². The van der Waals surface area contributed by atoms with Gasteiger partial charge >= 0.3 is 0 Å². The van der Waals surface area contributed by atoms with Gasteiger partial charge in [0.05, 0.1) is 23.4 Å². The van der Waals surface area contributed by atoms with E-state index < -0.39 is 17.2 Å². The molecule has 0 fully saturated rings. The molecule has 0 radical (unpaired) electrons. The van der Waals surface area contributed by atoms with Crippen LogP contribution in [0.5, 0.6) is 5.75 Å². The van der Waals surface area contributed by atoms with E-state index in [9.17, 15) is 20.6 Å². The molecule has 7 heteroatoms. The number of fused-ring (bicyclic) bond motifs is 1. The Kier molecular flexibility index (Phi) is 6.02. The van der Waals surface area contributed by atoms with Gasteiger partial charge in [-0.2, -0.15) is 15.8 Å². The number of hydrogen-bond acceptors (Lipinski definition) is 6. The number of nitrogens with two attached hydrogens (primary N) is 2. The van der Waals surface area contributed by atoms with Crippen LogP contribution in [0.25, 0.3) is 0 Å². The number of carbonyl (C=O) groups excluding carboxylic acids is 1. The minimum atomic E-state index is -1.66. The van der Waals surface area contributed by atoms with Crippen molar-refractivity contribution in [2.75, 3.05) is 6.61 Å². The number of nitriles is 3. The fourth-order valence-corrected chi connectivity index (χ4v) is 4.90. The highest BCUT2D eigenvalue weighted by Gasteiger charge is 2.55. The Morgan fingerprint density at radius 2 is 1.81 bits per heavy atom. The monoisotopic (exact) mass is 429 g/mol. The van der Waals surface area contributed by atoms with E-state index in [1.165, 1.54) is 0 Å². The van der Waals surface area contributed by atoms with E-state index in [0.29, 0.717) is 11.7 Å². The standard InChI is InChI=1S/C25H27N5O2/c1-24(2,3)16-6-9-18-19(10-16)22(25(13-27,14-28)23(30)20(18)11-26)15-4-7-17(8-5-15)32-12-21(29)31/h4-5,7-9,16,19,22H,6,10,12,30H2,1-3H3,(H2,29,31)/t16-,19-,22+/m1/s1. The molecule has 2 aliphatic carbocycles. The molecule has 1 aromatic rings. The van der Waals surface area contributed by atoms with E-state index >= 15 is 0 Å². The first-order valence-electron chi connectivity index (χ1n) is 10.5. The van der Waals surface area contributed by atoms with Crippen LogP contribution in [0.4, 0.5) is 0 Å². The first-order valence-corrected chi connectivity index (χ1v) is 10.5. The van der Waals surface area contributed by atoms with E-state index in [0.717, 1.165) is 24.0 Å². The molecule has 0 spiro atoms. The maximum atomic E-state index is 11.0. The molecule has 0 aliphatic heterocycles. The summed E-state index contributed by atoms with van der Waals surface area (Å²) in [5.74, 6) is -0.549. The third kappa shape index (κ3) is 3.81. The van der Waals surface area contributed by atoms with E-state index in [4.69, 9.17) is 16.2 Å². The lowest BCUT2D eigenvalue weighted by Gasteiger charge is -2.47. The van der Waals surface area contributed by atoms with E-state index in [-0.39, 0.29) is 29.2 Å². The lowest BCUT2D eigenvalue weighted by atomic mass is 9.54. The van der Waals surface area contributed by atoms with Gasteiger partial charge in [0.25, 0.3) is 5.91 Å². The SMILES string of the molecule is CC(C)(C)[C@@H]1CC=C2C(C#N)=C(N)C(C#N)(C#N)[C@@H](c3ccc(OCC(N)=O)cc3)[C@@H]2C1. The predicted octanol–water partition coefficient (Wildman–Crippen LogP) is 3.42. The lowest BCUT2D eigenvalue weighted by molar-refractivity contribution is -0.119. The second kappa shape index (κ2) is 8.40. The van der Waals surface area contributed by atoms with Crippen LogP contribution in [0.3, 0.4) is 0 Å². The van der Waals surface area contributed by atoms with Crippen LogP contribution in [0.1, 0.15) is 45.1 Å². The zero-order valence-corrected chi connectivity index (χ0v) is 18.6. The summed E-state index contributed by atoms with van der Waals surface area (Å²) in [6, 6.07) is 13.4. The number of primary amides is 1. The van der Waals surface area contributed by atoms with Crippen molar-refractivity contribution < 1.29 is 9.53 Å². The smallest absolute Gasteiger partial charge is 0.255 e. The Morgan fingerprint density at radius 1 is 1.19 bits per heavy atom. The summed E-state index contributed by atoms with van der Waals surface area (Å²) in [6.45, 7) is 6.29. The van der Waals surface area contributed by atoms with Gasteiger partial charge in [0.2, 0.25) is 0 Å². The van der Waals surface area contributed by atoms with Crippen LogP contribution in [-0.4, -0.2) is 12.5 Å². The van der Waals surface area contributed by atoms with Gasteiger partial charge in [-0.25, -0.2) is 0 Å². The molecule has 0 heterocycles. The molecule has 2 aliphatic rings. The van der Waals surface area contributed by atoms with Crippen molar-refractivity contribution in [2.45, 2.75) is 39.5 Å². The molecule has 3 atom stereocenters. The molecule has 1 aromatic carbocycles. The van der Waals surface area contributed by atoms with E-state index in [1.54, 1.807) is 24.3 Å². The molecule has 3 rings (SSSR count). The van der Waals surface area contributed by atoms with Gasteiger partial charge in [-0.05, 0) is 53.4 Å². The van der Waals surface area contributed by atoms with E-state index in [1.807, 2.05) is 0 Å². The van der Waals surface area contributed by atoms with Crippen molar-refractivity contribution in [1.29, 1.82) is 15.8 Å². The number of benzene rings is 1. The molecular formula is C25H27N5O2. The first kappa shape index (κ1) is 22.9. The van der Waals surface area contributed by atoms with Crippen LogP contribution in [0, 0.1) is 56.7 Å². The molecule has 0 saturated heterocycles. The summed E-state index contributed by atoms with van der Waals surface area (Å²) < 4.78 is 5.35. The van der Waals surface area contributed by atoms with Crippen LogP contribution in [0.2, 0.25) is 0 Å². The predicted molar refractivity (Wildman–Crippen MR) is 118 cm³/mol. The summed E-state index contributed by atoms with van der Waals surface area (Å²) in [7, 11) is 0. The highest BCUT2D eigenvalue weighted by molar-refractivity contribution is 5.75. The van der Waals surface area contributed by atoms with Crippen molar-refractivity contribution in [3.8, 4) is 24.0 Å². The van der Waals surface area contributed by atoms with Gasteiger partial charge < -0.3 is 16.2 Å². The Balaban J connectivity index is 2.16. The van der Waals surface area contributed by atoms with E-state index in [2.05, 4.69) is 45.1 Å². The van der Waals surface area contributed by atoms with Crippen molar-refractivity contribution in [1.82, 2.24) is 0 Å². The van der Waals surface area contributed by atoms with Gasteiger partial charge in [-0.15, -0.1) is 0 Å². The summed E-state index contributed by atoms with van der Waals surface area (Å²) in [5, 5.41) is 30.2. The number of nitrogens with zero attached hydrogens (tertiary/aromatic N) is 3.